The normalized spacial score (nSPS) is 15.8. The van der Waals surface area contributed by atoms with Crippen LogP contribution in [0.25, 0.3) is 0 Å². The Hall–Kier alpha value is -1.46. The molecule has 0 saturated carbocycles. The molecule has 0 fully saturated rings. The van der Waals surface area contributed by atoms with Gasteiger partial charge in [-0.15, -0.1) is 0 Å². The first kappa shape index (κ1) is 12.0. The molecule has 1 aliphatic rings. The SMILES string of the molecule is COc1cc(C(O)C(C)(C)N)cc2c1OCO2. The van der Waals surface area contributed by atoms with Crippen molar-refractivity contribution >= 4 is 0 Å². The van der Waals surface area contributed by atoms with E-state index < -0.39 is 11.6 Å². The Labute approximate surface area is 100 Å². The molecule has 1 aliphatic heterocycles. The summed E-state index contributed by atoms with van der Waals surface area (Å²) in [6, 6.07) is 3.44. The Morgan fingerprint density at radius 1 is 1.41 bits per heavy atom. The van der Waals surface area contributed by atoms with Crippen molar-refractivity contribution in [3.05, 3.63) is 17.7 Å². The number of nitrogens with two attached hydrogens (primary N) is 1. The lowest BCUT2D eigenvalue weighted by Gasteiger charge is -2.26. The predicted octanol–water partition coefficient (Wildman–Crippen LogP) is 1.19. The van der Waals surface area contributed by atoms with E-state index in [0.29, 0.717) is 22.8 Å². The molecule has 1 unspecified atom stereocenters. The van der Waals surface area contributed by atoms with Gasteiger partial charge in [0, 0.05) is 5.54 Å². The molecule has 0 aromatic heterocycles. The molecule has 0 bridgehead atoms. The van der Waals surface area contributed by atoms with Crippen LogP contribution >= 0.6 is 0 Å². The van der Waals surface area contributed by atoms with Gasteiger partial charge in [0.2, 0.25) is 12.5 Å². The number of benzene rings is 1. The second-order valence-electron chi connectivity index (χ2n) is 4.68. The van der Waals surface area contributed by atoms with Crippen molar-refractivity contribution in [1.29, 1.82) is 0 Å². The molecule has 3 N–H and O–H groups in total. The molecule has 0 amide bonds. The molecule has 5 heteroatoms. The van der Waals surface area contributed by atoms with Crippen LogP contribution in [-0.2, 0) is 0 Å². The topological polar surface area (TPSA) is 73.9 Å². The van der Waals surface area contributed by atoms with Gasteiger partial charge in [0.05, 0.1) is 13.2 Å². The van der Waals surface area contributed by atoms with Gasteiger partial charge in [-0.25, -0.2) is 0 Å². The smallest absolute Gasteiger partial charge is 0.231 e. The maximum absolute atomic E-state index is 10.1. The number of aliphatic hydroxyl groups excluding tert-OH is 1. The predicted molar refractivity (Wildman–Crippen MR) is 62.3 cm³/mol. The largest absolute Gasteiger partial charge is 0.493 e. The third-order valence-electron chi connectivity index (χ3n) is 2.70. The van der Waals surface area contributed by atoms with E-state index >= 15 is 0 Å². The van der Waals surface area contributed by atoms with E-state index in [1.165, 1.54) is 0 Å². The Morgan fingerprint density at radius 3 is 2.71 bits per heavy atom. The van der Waals surface area contributed by atoms with E-state index in [9.17, 15) is 5.11 Å². The average Bonchev–Trinajstić information content (AvgIpc) is 2.73. The lowest BCUT2D eigenvalue weighted by Crippen LogP contribution is -2.39. The van der Waals surface area contributed by atoms with Crippen LogP contribution in [0.3, 0.4) is 0 Å². The second-order valence-corrected chi connectivity index (χ2v) is 4.68. The van der Waals surface area contributed by atoms with Crippen LogP contribution in [0.15, 0.2) is 12.1 Å². The maximum atomic E-state index is 10.1. The van der Waals surface area contributed by atoms with Gasteiger partial charge in [-0.1, -0.05) is 0 Å². The van der Waals surface area contributed by atoms with E-state index in [-0.39, 0.29) is 6.79 Å². The molecule has 0 saturated heterocycles. The standard InChI is InChI=1S/C12H17NO4/c1-12(2,13)11(14)7-4-8(15-3)10-9(5-7)16-6-17-10/h4-5,11,14H,6,13H2,1-3H3. The molecule has 1 heterocycles. The highest BCUT2D eigenvalue weighted by Crippen LogP contribution is 2.43. The molecule has 5 nitrogen and oxygen atoms in total. The molecule has 0 radical (unpaired) electrons. The van der Waals surface area contributed by atoms with Gasteiger partial charge in [0.25, 0.3) is 0 Å². The minimum Gasteiger partial charge on any atom is -0.493 e. The Morgan fingerprint density at radius 2 is 2.12 bits per heavy atom. The quantitative estimate of drug-likeness (QED) is 0.829. The summed E-state index contributed by atoms with van der Waals surface area (Å²) < 4.78 is 15.8. The number of rotatable bonds is 3. The van der Waals surface area contributed by atoms with Crippen LogP contribution in [0.4, 0.5) is 0 Å². The first-order valence-corrected chi connectivity index (χ1v) is 5.38. The number of ether oxygens (including phenoxy) is 3. The fourth-order valence-electron chi connectivity index (χ4n) is 1.74. The number of methoxy groups -OCH3 is 1. The molecule has 0 spiro atoms. The first-order valence-electron chi connectivity index (χ1n) is 5.38. The highest BCUT2D eigenvalue weighted by molar-refractivity contribution is 5.55. The molecular formula is C12H17NO4. The summed E-state index contributed by atoms with van der Waals surface area (Å²) >= 11 is 0. The zero-order valence-corrected chi connectivity index (χ0v) is 10.2. The number of fused-ring (bicyclic) bond motifs is 1. The number of hydrogen-bond donors (Lipinski definition) is 2. The van der Waals surface area contributed by atoms with Crippen molar-refractivity contribution in [2.45, 2.75) is 25.5 Å². The fraction of sp³-hybridized carbons (Fsp3) is 0.500. The van der Waals surface area contributed by atoms with Crippen molar-refractivity contribution in [2.24, 2.45) is 5.73 Å². The minimum absolute atomic E-state index is 0.164. The number of hydrogen-bond acceptors (Lipinski definition) is 5. The van der Waals surface area contributed by atoms with Crippen LogP contribution in [0.1, 0.15) is 25.5 Å². The van der Waals surface area contributed by atoms with E-state index in [1.807, 2.05) is 0 Å². The molecule has 1 aromatic rings. The van der Waals surface area contributed by atoms with E-state index in [2.05, 4.69) is 0 Å². The summed E-state index contributed by atoms with van der Waals surface area (Å²) in [7, 11) is 1.54. The third kappa shape index (κ3) is 2.16. The van der Waals surface area contributed by atoms with Crippen LogP contribution in [0, 0.1) is 0 Å². The summed E-state index contributed by atoms with van der Waals surface area (Å²) in [5.41, 5.74) is 5.80. The molecule has 17 heavy (non-hydrogen) atoms. The summed E-state index contributed by atoms with van der Waals surface area (Å²) in [6.45, 7) is 3.68. The third-order valence-corrected chi connectivity index (χ3v) is 2.70. The van der Waals surface area contributed by atoms with Gasteiger partial charge in [-0.05, 0) is 31.5 Å². The lowest BCUT2D eigenvalue weighted by molar-refractivity contribution is 0.104. The van der Waals surface area contributed by atoms with E-state index in [1.54, 1.807) is 33.1 Å². The van der Waals surface area contributed by atoms with E-state index in [4.69, 9.17) is 19.9 Å². The second kappa shape index (κ2) is 4.09. The van der Waals surface area contributed by atoms with Gasteiger partial charge >= 0.3 is 0 Å². The Kier molecular flexibility index (Phi) is 2.89. The molecule has 2 rings (SSSR count). The van der Waals surface area contributed by atoms with Crippen molar-refractivity contribution in [3.63, 3.8) is 0 Å². The van der Waals surface area contributed by atoms with Gasteiger partial charge < -0.3 is 25.1 Å². The average molecular weight is 239 g/mol. The van der Waals surface area contributed by atoms with Gasteiger partial charge in [-0.2, -0.15) is 0 Å². The molecular weight excluding hydrogens is 222 g/mol. The minimum atomic E-state index is -0.800. The summed E-state index contributed by atoms with van der Waals surface area (Å²) in [4.78, 5) is 0. The molecule has 1 aromatic carbocycles. The van der Waals surface area contributed by atoms with Crippen LogP contribution < -0.4 is 19.9 Å². The summed E-state index contributed by atoms with van der Waals surface area (Å²) in [5, 5.41) is 10.1. The van der Waals surface area contributed by atoms with Crippen molar-refractivity contribution in [3.8, 4) is 17.2 Å². The maximum Gasteiger partial charge on any atom is 0.231 e. The zero-order valence-electron chi connectivity index (χ0n) is 10.2. The Balaban J connectivity index is 2.43. The van der Waals surface area contributed by atoms with E-state index in [0.717, 1.165) is 0 Å². The lowest BCUT2D eigenvalue weighted by atomic mass is 9.92. The zero-order chi connectivity index (χ0) is 12.6. The summed E-state index contributed by atoms with van der Waals surface area (Å²) in [5.74, 6) is 1.68. The number of aliphatic hydroxyl groups is 1. The van der Waals surface area contributed by atoms with Gasteiger partial charge in [-0.3, -0.25) is 0 Å². The Bertz CT molecular complexity index is 425. The van der Waals surface area contributed by atoms with Crippen LogP contribution in [0.2, 0.25) is 0 Å². The van der Waals surface area contributed by atoms with Crippen molar-refractivity contribution in [2.75, 3.05) is 13.9 Å². The first-order chi connectivity index (χ1) is 7.93. The summed E-state index contributed by atoms with van der Waals surface area (Å²) in [6.07, 6.45) is -0.800. The highest BCUT2D eigenvalue weighted by Gasteiger charge is 2.28. The van der Waals surface area contributed by atoms with Crippen LogP contribution in [0.5, 0.6) is 17.2 Å². The highest BCUT2D eigenvalue weighted by atomic mass is 16.7. The van der Waals surface area contributed by atoms with Gasteiger partial charge in [0.15, 0.2) is 11.5 Å². The molecule has 94 valence electrons. The van der Waals surface area contributed by atoms with Gasteiger partial charge in [0.1, 0.15) is 0 Å². The van der Waals surface area contributed by atoms with Crippen LogP contribution in [-0.4, -0.2) is 24.5 Å². The fourth-order valence-corrected chi connectivity index (χ4v) is 1.74. The monoisotopic (exact) mass is 239 g/mol. The molecule has 0 aliphatic carbocycles. The molecule has 1 atom stereocenters. The van der Waals surface area contributed by atoms with Crippen molar-refractivity contribution < 1.29 is 19.3 Å². The van der Waals surface area contributed by atoms with Crippen molar-refractivity contribution in [1.82, 2.24) is 0 Å².